The van der Waals surface area contributed by atoms with Gasteiger partial charge in [-0.1, -0.05) is 30.9 Å². The quantitative estimate of drug-likeness (QED) is 0.839. The molecule has 1 aliphatic carbocycles. The van der Waals surface area contributed by atoms with Gasteiger partial charge in [-0.15, -0.1) is 0 Å². The number of hydrogen-bond acceptors (Lipinski definition) is 3. The standard InChI is InChI=1S/C13H20ClN3/c1-2-17(11-6-4-3-5-7-11)13-9-10(15)8-12(14)16-13/h8-9,11H,2-7H2,1H3,(H2,15,16). The van der Waals surface area contributed by atoms with Gasteiger partial charge in [0, 0.05) is 24.3 Å². The summed E-state index contributed by atoms with van der Waals surface area (Å²) >= 11 is 5.97. The number of aromatic nitrogens is 1. The second-order valence-electron chi connectivity index (χ2n) is 4.66. The number of halogens is 1. The fraction of sp³-hybridized carbons (Fsp3) is 0.615. The first kappa shape index (κ1) is 12.5. The van der Waals surface area contributed by atoms with E-state index in [1.165, 1.54) is 32.1 Å². The summed E-state index contributed by atoms with van der Waals surface area (Å²) in [4.78, 5) is 6.73. The summed E-state index contributed by atoms with van der Waals surface area (Å²) in [7, 11) is 0. The second-order valence-corrected chi connectivity index (χ2v) is 5.05. The minimum absolute atomic E-state index is 0.481. The van der Waals surface area contributed by atoms with Crippen molar-refractivity contribution >= 4 is 23.1 Å². The van der Waals surface area contributed by atoms with Crippen LogP contribution in [0.5, 0.6) is 0 Å². The third-order valence-electron chi connectivity index (χ3n) is 3.45. The number of pyridine rings is 1. The van der Waals surface area contributed by atoms with Crippen molar-refractivity contribution in [3.05, 3.63) is 17.3 Å². The topological polar surface area (TPSA) is 42.1 Å². The Kier molecular flexibility index (Phi) is 4.11. The van der Waals surface area contributed by atoms with Crippen molar-refractivity contribution in [1.82, 2.24) is 4.98 Å². The first-order valence-electron chi connectivity index (χ1n) is 6.40. The molecule has 1 heterocycles. The molecule has 17 heavy (non-hydrogen) atoms. The van der Waals surface area contributed by atoms with E-state index in [4.69, 9.17) is 17.3 Å². The number of nitrogens with two attached hydrogens (primary N) is 1. The minimum Gasteiger partial charge on any atom is -0.399 e. The van der Waals surface area contributed by atoms with Gasteiger partial charge in [0.15, 0.2) is 0 Å². The molecular formula is C13H20ClN3. The maximum Gasteiger partial charge on any atom is 0.133 e. The van der Waals surface area contributed by atoms with Gasteiger partial charge in [-0.25, -0.2) is 4.98 Å². The van der Waals surface area contributed by atoms with Crippen LogP contribution < -0.4 is 10.6 Å². The molecule has 4 heteroatoms. The summed E-state index contributed by atoms with van der Waals surface area (Å²) in [5.41, 5.74) is 6.52. The Morgan fingerprint density at radius 3 is 2.65 bits per heavy atom. The number of anilines is 2. The summed E-state index contributed by atoms with van der Waals surface area (Å²) in [5.74, 6) is 0.921. The van der Waals surface area contributed by atoms with E-state index >= 15 is 0 Å². The first-order chi connectivity index (χ1) is 8.20. The van der Waals surface area contributed by atoms with E-state index in [0.29, 0.717) is 16.9 Å². The van der Waals surface area contributed by atoms with Crippen molar-refractivity contribution < 1.29 is 0 Å². The molecule has 1 aromatic heterocycles. The summed E-state index contributed by atoms with van der Waals surface area (Å²) < 4.78 is 0. The predicted octanol–water partition coefficient (Wildman–Crippen LogP) is 3.48. The highest BCUT2D eigenvalue weighted by Crippen LogP contribution is 2.28. The van der Waals surface area contributed by atoms with Crippen molar-refractivity contribution in [2.45, 2.75) is 45.1 Å². The largest absolute Gasteiger partial charge is 0.399 e. The maximum atomic E-state index is 5.97. The number of nitrogens with zero attached hydrogens (tertiary/aromatic N) is 2. The Hall–Kier alpha value is -0.960. The lowest BCUT2D eigenvalue weighted by Gasteiger charge is -2.34. The fourth-order valence-electron chi connectivity index (χ4n) is 2.65. The summed E-state index contributed by atoms with van der Waals surface area (Å²) in [6.45, 7) is 3.12. The maximum absolute atomic E-state index is 5.97. The average Bonchev–Trinajstić information content (AvgIpc) is 2.30. The van der Waals surface area contributed by atoms with Gasteiger partial charge in [-0.05, 0) is 25.8 Å². The minimum atomic E-state index is 0.481. The van der Waals surface area contributed by atoms with Crippen LogP contribution >= 0.6 is 11.6 Å². The smallest absolute Gasteiger partial charge is 0.133 e. The third-order valence-corrected chi connectivity index (χ3v) is 3.65. The van der Waals surface area contributed by atoms with Crippen molar-refractivity contribution in [2.24, 2.45) is 0 Å². The zero-order chi connectivity index (χ0) is 12.3. The Labute approximate surface area is 108 Å². The van der Waals surface area contributed by atoms with Crippen molar-refractivity contribution in [2.75, 3.05) is 17.2 Å². The van der Waals surface area contributed by atoms with Crippen LogP contribution in [0.2, 0.25) is 5.15 Å². The molecule has 0 saturated heterocycles. The van der Waals surface area contributed by atoms with E-state index in [-0.39, 0.29) is 0 Å². The van der Waals surface area contributed by atoms with Gasteiger partial charge in [0.1, 0.15) is 11.0 Å². The zero-order valence-electron chi connectivity index (χ0n) is 10.3. The van der Waals surface area contributed by atoms with Crippen LogP contribution in [0.15, 0.2) is 12.1 Å². The molecule has 1 aliphatic rings. The Morgan fingerprint density at radius 1 is 1.35 bits per heavy atom. The van der Waals surface area contributed by atoms with Gasteiger partial charge in [0.05, 0.1) is 0 Å². The van der Waals surface area contributed by atoms with Gasteiger partial charge >= 0.3 is 0 Å². The Balaban J connectivity index is 2.21. The van der Waals surface area contributed by atoms with Crippen LogP contribution in [-0.2, 0) is 0 Å². The molecule has 0 amide bonds. The van der Waals surface area contributed by atoms with E-state index in [2.05, 4.69) is 16.8 Å². The lowest BCUT2D eigenvalue weighted by molar-refractivity contribution is 0.416. The number of nitrogen functional groups attached to an aromatic ring is 1. The molecule has 0 radical (unpaired) electrons. The van der Waals surface area contributed by atoms with Crippen LogP contribution in [0, 0.1) is 0 Å². The van der Waals surface area contributed by atoms with Crippen molar-refractivity contribution in [3.8, 4) is 0 Å². The van der Waals surface area contributed by atoms with Gasteiger partial charge in [0.25, 0.3) is 0 Å². The molecule has 1 fully saturated rings. The highest BCUT2D eigenvalue weighted by molar-refractivity contribution is 6.29. The Morgan fingerprint density at radius 2 is 2.06 bits per heavy atom. The lowest BCUT2D eigenvalue weighted by Crippen LogP contribution is -2.37. The lowest BCUT2D eigenvalue weighted by atomic mass is 9.94. The molecule has 0 bridgehead atoms. The van der Waals surface area contributed by atoms with Crippen molar-refractivity contribution in [1.29, 1.82) is 0 Å². The first-order valence-corrected chi connectivity index (χ1v) is 6.78. The van der Waals surface area contributed by atoms with E-state index in [1.807, 2.05) is 6.07 Å². The predicted molar refractivity (Wildman–Crippen MR) is 73.6 cm³/mol. The molecule has 1 saturated carbocycles. The molecule has 0 atom stereocenters. The number of hydrogen-bond donors (Lipinski definition) is 1. The average molecular weight is 254 g/mol. The molecular weight excluding hydrogens is 234 g/mol. The molecule has 1 aromatic rings. The SMILES string of the molecule is CCN(c1cc(N)cc(Cl)n1)C1CCCCC1. The van der Waals surface area contributed by atoms with Crippen LogP contribution in [0.4, 0.5) is 11.5 Å². The molecule has 0 unspecified atom stereocenters. The summed E-state index contributed by atoms with van der Waals surface area (Å²) in [6.07, 6.45) is 6.50. The molecule has 0 spiro atoms. The van der Waals surface area contributed by atoms with Crippen LogP contribution in [0.3, 0.4) is 0 Å². The fourth-order valence-corrected chi connectivity index (χ4v) is 2.86. The molecule has 94 valence electrons. The van der Waals surface area contributed by atoms with Crippen LogP contribution in [0.1, 0.15) is 39.0 Å². The van der Waals surface area contributed by atoms with Gasteiger partial charge < -0.3 is 10.6 Å². The van der Waals surface area contributed by atoms with Gasteiger partial charge in [-0.2, -0.15) is 0 Å². The summed E-state index contributed by atoms with van der Waals surface area (Å²) in [6, 6.07) is 4.21. The molecule has 2 rings (SSSR count). The molecule has 0 aromatic carbocycles. The van der Waals surface area contributed by atoms with Crippen LogP contribution in [-0.4, -0.2) is 17.6 Å². The number of rotatable bonds is 3. The molecule has 0 aliphatic heterocycles. The zero-order valence-corrected chi connectivity index (χ0v) is 11.1. The van der Waals surface area contributed by atoms with E-state index in [1.54, 1.807) is 6.07 Å². The highest BCUT2D eigenvalue weighted by Gasteiger charge is 2.21. The van der Waals surface area contributed by atoms with E-state index in [0.717, 1.165) is 12.4 Å². The van der Waals surface area contributed by atoms with Crippen LogP contribution in [0.25, 0.3) is 0 Å². The normalized spacial score (nSPS) is 17.1. The highest BCUT2D eigenvalue weighted by atomic mass is 35.5. The van der Waals surface area contributed by atoms with E-state index in [9.17, 15) is 0 Å². The van der Waals surface area contributed by atoms with Gasteiger partial charge in [0.2, 0.25) is 0 Å². The Bertz CT molecular complexity index is 355. The van der Waals surface area contributed by atoms with Crippen molar-refractivity contribution in [3.63, 3.8) is 0 Å². The second kappa shape index (κ2) is 5.58. The molecule has 3 nitrogen and oxygen atoms in total. The van der Waals surface area contributed by atoms with Gasteiger partial charge in [-0.3, -0.25) is 0 Å². The third kappa shape index (κ3) is 3.03. The van der Waals surface area contributed by atoms with E-state index < -0.39 is 0 Å². The summed E-state index contributed by atoms with van der Waals surface area (Å²) in [5, 5.41) is 0.481. The monoisotopic (exact) mass is 253 g/mol. The molecule has 2 N–H and O–H groups in total.